The van der Waals surface area contributed by atoms with Crippen molar-refractivity contribution in [1.29, 1.82) is 0 Å². The smallest absolute Gasteiger partial charge is 0.116 e. The van der Waals surface area contributed by atoms with Gasteiger partial charge in [0.25, 0.3) is 0 Å². The van der Waals surface area contributed by atoms with Crippen LogP contribution >= 0.6 is 0 Å². The SMILES string of the molecule is C1=Nc2cc3c(cc2=N1)NN(c1ccncc1)CC=3. The molecule has 19 heavy (non-hydrogen) atoms. The first-order valence-electron chi connectivity index (χ1n) is 6.09. The molecule has 2 aromatic rings. The molecular formula is C14H11N5. The number of aromatic nitrogens is 1. The summed E-state index contributed by atoms with van der Waals surface area (Å²) < 4.78 is 0. The number of hydrogen-bond acceptors (Lipinski definition) is 5. The zero-order valence-corrected chi connectivity index (χ0v) is 10.1. The molecule has 1 N–H and O–H groups in total. The normalized spacial score (nSPS) is 15.1. The van der Waals surface area contributed by atoms with E-state index in [0.29, 0.717) is 0 Å². The summed E-state index contributed by atoms with van der Waals surface area (Å²) in [5.41, 5.74) is 6.48. The Morgan fingerprint density at radius 3 is 2.95 bits per heavy atom. The van der Waals surface area contributed by atoms with Crippen molar-refractivity contribution < 1.29 is 0 Å². The number of pyridine rings is 1. The molecule has 3 heterocycles. The van der Waals surface area contributed by atoms with Crippen LogP contribution in [0.5, 0.6) is 0 Å². The van der Waals surface area contributed by atoms with Gasteiger partial charge >= 0.3 is 0 Å². The lowest BCUT2D eigenvalue weighted by Crippen LogP contribution is -2.37. The van der Waals surface area contributed by atoms with Crippen molar-refractivity contribution in [2.24, 2.45) is 9.98 Å². The molecule has 0 atom stereocenters. The lowest BCUT2D eigenvalue weighted by molar-refractivity contribution is 1.00. The molecule has 92 valence electrons. The van der Waals surface area contributed by atoms with Crippen LogP contribution in [-0.4, -0.2) is 17.9 Å². The maximum Gasteiger partial charge on any atom is 0.116 e. The van der Waals surface area contributed by atoms with Crippen molar-refractivity contribution in [2.75, 3.05) is 17.0 Å². The average Bonchev–Trinajstić information content (AvgIpc) is 2.92. The summed E-state index contributed by atoms with van der Waals surface area (Å²) in [4.78, 5) is 12.5. The first-order valence-corrected chi connectivity index (χ1v) is 6.09. The van der Waals surface area contributed by atoms with Crippen LogP contribution in [0.4, 0.5) is 17.1 Å². The third-order valence-electron chi connectivity index (χ3n) is 3.26. The van der Waals surface area contributed by atoms with E-state index in [1.54, 1.807) is 18.7 Å². The molecule has 0 fully saturated rings. The van der Waals surface area contributed by atoms with Gasteiger partial charge in [0.15, 0.2) is 0 Å². The molecule has 0 aliphatic carbocycles. The minimum absolute atomic E-state index is 0.802. The van der Waals surface area contributed by atoms with E-state index in [1.165, 1.54) is 5.22 Å². The summed E-state index contributed by atoms with van der Waals surface area (Å²) in [6, 6.07) is 8.05. The minimum atomic E-state index is 0.802. The van der Waals surface area contributed by atoms with Crippen molar-refractivity contribution in [3.8, 4) is 0 Å². The fourth-order valence-electron chi connectivity index (χ4n) is 2.29. The van der Waals surface area contributed by atoms with Crippen LogP contribution in [0, 0.1) is 0 Å². The second-order valence-electron chi connectivity index (χ2n) is 4.43. The van der Waals surface area contributed by atoms with E-state index in [1.807, 2.05) is 18.2 Å². The standard InChI is InChI=1S/C14H11N5/c1-4-15-5-2-11(1)19-6-3-10-7-13-14(17-9-16-13)8-12(10)18-19/h1-5,7-9,18H,6H2. The highest BCUT2D eigenvalue weighted by Gasteiger charge is 2.12. The van der Waals surface area contributed by atoms with Gasteiger partial charge in [0, 0.05) is 12.4 Å². The van der Waals surface area contributed by atoms with E-state index in [0.717, 1.165) is 29.0 Å². The second-order valence-corrected chi connectivity index (χ2v) is 4.43. The van der Waals surface area contributed by atoms with Gasteiger partial charge in [-0.25, -0.2) is 9.98 Å². The zero-order chi connectivity index (χ0) is 12.7. The quantitative estimate of drug-likeness (QED) is 0.820. The van der Waals surface area contributed by atoms with E-state index in [4.69, 9.17) is 0 Å². The molecule has 5 nitrogen and oxygen atoms in total. The summed E-state index contributed by atoms with van der Waals surface area (Å²) in [5, 5.41) is 4.15. The number of anilines is 2. The number of fused-ring (bicyclic) bond motifs is 2. The topological polar surface area (TPSA) is 52.9 Å². The maximum absolute atomic E-state index is 4.23. The molecule has 0 saturated heterocycles. The second kappa shape index (κ2) is 3.91. The number of aliphatic imine (C=N–C) groups is 1. The first kappa shape index (κ1) is 10.3. The lowest BCUT2D eigenvalue weighted by Gasteiger charge is -2.28. The predicted molar refractivity (Wildman–Crippen MR) is 75.0 cm³/mol. The minimum Gasteiger partial charge on any atom is -0.297 e. The van der Waals surface area contributed by atoms with Crippen molar-refractivity contribution in [2.45, 2.75) is 0 Å². The molecule has 4 rings (SSSR count). The third-order valence-corrected chi connectivity index (χ3v) is 3.26. The van der Waals surface area contributed by atoms with Crippen LogP contribution in [0.1, 0.15) is 0 Å². The summed E-state index contributed by atoms with van der Waals surface area (Å²) in [6.07, 6.45) is 7.36. The fraction of sp³-hybridized carbons (Fsp3) is 0.0714. The average molecular weight is 249 g/mol. The molecule has 0 bridgehead atoms. The molecule has 2 aliphatic rings. The number of rotatable bonds is 1. The Labute approximate surface area is 109 Å². The van der Waals surface area contributed by atoms with Crippen LogP contribution < -0.4 is 21.0 Å². The molecule has 2 aliphatic heterocycles. The molecule has 1 aromatic carbocycles. The fourth-order valence-corrected chi connectivity index (χ4v) is 2.29. The van der Waals surface area contributed by atoms with E-state index in [2.05, 4.69) is 37.5 Å². The van der Waals surface area contributed by atoms with Gasteiger partial charge in [-0.15, -0.1) is 0 Å². The van der Waals surface area contributed by atoms with Gasteiger partial charge in [0.1, 0.15) is 6.34 Å². The largest absolute Gasteiger partial charge is 0.297 e. The van der Waals surface area contributed by atoms with Crippen LogP contribution in [0.25, 0.3) is 6.08 Å². The van der Waals surface area contributed by atoms with Gasteiger partial charge in [0.2, 0.25) is 0 Å². The Bertz CT molecular complexity index is 779. The van der Waals surface area contributed by atoms with Crippen molar-refractivity contribution >= 4 is 29.5 Å². The summed E-state index contributed by atoms with van der Waals surface area (Å²) >= 11 is 0. The zero-order valence-electron chi connectivity index (χ0n) is 10.1. The number of benzene rings is 1. The Morgan fingerprint density at radius 1 is 1.16 bits per heavy atom. The monoisotopic (exact) mass is 249 g/mol. The number of hydrazine groups is 1. The maximum atomic E-state index is 4.23. The highest BCUT2D eigenvalue weighted by molar-refractivity contribution is 5.71. The van der Waals surface area contributed by atoms with Gasteiger partial charge in [-0.3, -0.25) is 15.4 Å². The molecule has 0 unspecified atom stereocenters. The molecule has 0 saturated carbocycles. The lowest BCUT2D eigenvalue weighted by atomic mass is 10.2. The predicted octanol–water partition coefficient (Wildman–Crippen LogP) is 1.00. The molecule has 0 radical (unpaired) electrons. The van der Waals surface area contributed by atoms with Crippen molar-refractivity contribution in [1.82, 2.24) is 4.98 Å². The van der Waals surface area contributed by atoms with Crippen LogP contribution in [0.3, 0.4) is 0 Å². The summed E-state index contributed by atoms with van der Waals surface area (Å²) in [5.74, 6) is 0. The molecular weight excluding hydrogens is 238 g/mol. The van der Waals surface area contributed by atoms with Crippen LogP contribution in [0.2, 0.25) is 0 Å². The number of nitrogens with one attached hydrogen (secondary N) is 1. The number of nitrogens with zero attached hydrogens (tertiary/aromatic N) is 4. The van der Waals surface area contributed by atoms with E-state index in [9.17, 15) is 0 Å². The van der Waals surface area contributed by atoms with E-state index < -0.39 is 0 Å². The van der Waals surface area contributed by atoms with Gasteiger partial charge < -0.3 is 0 Å². The Morgan fingerprint density at radius 2 is 2.05 bits per heavy atom. The van der Waals surface area contributed by atoms with Crippen LogP contribution in [-0.2, 0) is 0 Å². The Hall–Kier alpha value is -2.69. The third kappa shape index (κ3) is 1.67. The Balaban J connectivity index is 1.76. The molecule has 5 heteroatoms. The molecule has 0 spiro atoms. The van der Waals surface area contributed by atoms with E-state index >= 15 is 0 Å². The Kier molecular flexibility index (Phi) is 2.11. The van der Waals surface area contributed by atoms with Crippen LogP contribution in [0.15, 0.2) is 46.6 Å². The van der Waals surface area contributed by atoms with Gasteiger partial charge in [-0.1, -0.05) is 6.08 Å². The summed E-state index contributed by atoms with van der Waals surface area (Å²) in [7, 11) is 0. The van der Waals surface area contributed by atoms with Gasteiger partial charge in [-0.05, 0) is 29.5 Å². The number of hydrogen-bond donors (Lipinski definition) is 1. The molecule has 0 amide bonds. The highest BCUT2D eigenvalue weighted by Crippen LogP contribution is 2.17. The van der Waals surface area contributed by atoms with Gasteiger partial charge in [0.05, 0.1) is 29.0 Å². The summed E-state index contributed by atoms with van der Waals surface area (Å²) in [6.45, 7) is 0.802. The molecule has 1 aromatic heterocycles. The van der Waals surface area contributed by atoms with E-state index in [-0.39, 0.29) is 0 Å². The van der Waals surface area contributed by atoms with Gasteiger partial charge in [-0.2, -0.15) is 0 Å². The first-order chi connectivity index (χ1) is 9.40. The van der Waals surface area contributed by atoms with Crippen molar-refractivity contribution in [3.63, 3.8) is 0 Å². The highest BCUT2D eigenvalue weighted by atomic mass is 15.5. The van der Waals surface area contributed by atoms with Crippen molar-refractivity contribution in [3.05, 3.63) is 47.2 Å².